The van der Waals surface area contributed by atoms with E-state index in [2.05, 4.69) is 0 Å². The normalized spacial score (nSPS) is 13.1. The molecule has 0 saturated carbocycles. The predicted molar refractivity (Wildman–Crippen MR) is 69.1 cm³/mol. The molecule has 1 rings (SSSR count). The van der Waals surface area contributed by atoms with Crippen LogP contribution < -0.4 is 9.88 Å². The van der Waals surface area contributed by atoms with Crippen LogP contribution in [0.4, 0.5) is 0 Å². The Kier molecular flexibility index (Phi) is 4.86. The van der Waals surface area contributed by atoms with E-state index in [9.17, 15) is 13.2 Å². The minimum Gasteiger partial charge on any atom is -0.494 e. The Hall–Kier alpha value is -1.40. The zero-order valence-corrected chi connectivity index (χ0v) is 11.2. The number of ketones is 1. The number of hydrogen-bond donors (Lipinski definition) is 1. The summed E-state index contributed by atoms with van der Waals surface area (Å²) >= 11 is 0. The van der Waals surface area contributed by atoms with E-state index in [0.29, 0.717) is 17.9 Å². The van der Waals surface area contributed by atoms with Gasteiger partial charge in [0.2, 0.25) is 10.0 Å². The fourth-order valence-electron chi connectivity index (χ4n) is 1.63. The summed E-state index contributed by atoms with van der Waals surface area (Å²) in [6, 6.07) is 6.35. The van der Waals surface area contributed by atoms with Gasteiger partial charge in [0.15, 0.2) is 5.78 Å². The summed E-state index contributed by atoms with van der Waals surface area (Å²) in [4.78, 5) is 12.0. The second-order valence-corrected chi connectivity index (χ2v) is 5.55. The van der Waals surface area contributed by atoms with Gasteiger partial charge in [-0.05, 0) is 37.6 Å². The topological polar surface area (TPSA) is 86.5 Å². The molecule has 1 atom stereocenters. The second-order valence-electron chi connectivity index (χ2n) is 3.81. The van der Waals surface area contributed by atoms with E-state index < -0.39 is 21.1 Å². The van der Waals surface area contributed by atoms with Crippen molar-refractivity contribution in [2.75, 3.05) is 6.61 Å². The SMILES string of the molecule is CCOc1ccc(C(=O)C(CC)S(N)(=O)=O)cc1. The molecule has 0 aliphatic heterocycles. The highest BCUT2D eigenvalue weighted by atomic mass is 32.2. The third-order valence-electron chi connectivity index (χ3n) is 2.51. The molecule has 0 aliphatic carbocycles. The molecule has 0 aromatic heterocycles. The third kappa shape index (κ3) is 3.54. The van der Waals surface area contributed by atoms with Crippen molar-refractivity contribution in [1.82, 2.24) is 0 Å². The summed E-state index contributed by atoms with van der Waals surface area (Å²) in [7, 11) is -3.86. The van der Waals surface area contributed by atoms with Crippen LogP contribution >= 0.6 is 0 Å². The van der Waals surface area contributed by atoms with Crippen LogP contribution in [-0.4, -0.2) is 26.1 Å². The Balaban J connectivity index is 2.96. The quantitative estimate of drug-likeness (QED) is 0.791. The van der Waals surface area contributed by atoms with E-state index in [4.69, 9.17) is 9.88 Å². The van der Waals surface area contributed by atoms with Crippen molar-refractivity contribution in [3.8, 4) is 5.75 Å². The molecule has 100 valence electrons. The van der Waals surface area contributed by atoms with E-state index in [1.54, 1.807) is 31.2 Å². The van der Waals surface area contributed by atoms with Gasteiger partial charge in [-0.1, -0.05) is 6.92 Å². The number of hydrogen-bond acceptors (Lipinski definition) is 4. The van der Waals surface area contributed by atoms with Crippen LogP contribution in [0.15, 0.2) is 24.3 Å². The number of ether oxygens (including phenoxy) is 1. The Morgan fingerprint density at radius 3 is 2.22 bits per heavy atom. The van der Waals surface area contributed by atoms with Gasteiger partial charge >= 0.3 is 0 Å². The van der Waals surface area contributed by atoms with Gasteiger partial charge in [-0.2, -0.15) is 0 Å². The lowest BCUT2D eigenvalue weighted by atomic mass is 10.1. The molecule has 1 aromatic rings. The number of carbonyl (C=O) groups is 1. The van der Waals surface area contributed by atoms with Crippen molar-refractivity contribution >= 4 is 15.8 Å². The highest BCUT2D eigenvalue weighted by Crippen LogP contribution is 2.16. The zero-order chi connectivity index (χ0) is 13.8. The maximum Gasteiger partial charge on any atom is 0.219 e. The van der Waals surface area contributed by atoms with Gasteiger partial charge < -0.3 is 4.74 Å². The number of sulfonamides is 1. The Labute approximate surface area is 107 Å². The average molecular weight is 271 g/mol. The van der Waals surface area contributed by atoms with Gasteiger partial charge in [0.05, 0.1) is 6.61 Å². The first-order valence-electron chi connectivity index (χ1n) is 5.68. The highest BCUT2D eigenvalue weighted by molar-refractivity contribution is 7.90. The van der Waals surface area contributed by atoms with Crippen LogP contribution in [0.3, 0.4) is 0 Å². The fourth-order valence-corrected chi connectivity index (χ4v) is 2.53. The molecule has 1 aromatic carbocycles. The Bertz CT molecular complexity index is 507. The lowest BCUT2D eigenvalue weighted by molar-refractivity contribution is 0.0985. The first kappa shape index (κ1) is 14.7. The fraction of sp³-hybridized carbons (Fsp3) is 0.417. The van der Waals surface area contributed by atoms with Crippen LogP contribution in [0, 0.1) is 0 Å². The smallest absolute Gasteiger partial charge is 0.219 e. The van der Waals surface area contributed by atoms with Gasteiger partial charge in [-0.25, -0.2) is 13.6 Å². The Morgan fingerprint density at radius 2 is 1.83 bits per heavy atom. The van der Waals surface area contributed by atoms with Gasteiger partial charge in [-0.15, -0.1) is 0 Å². The lowest BCUT2D eigenvalue weighted by Gasteiger charge is -2.11. The van der Waals surface area contributed by atoms with Crippen molar-refractivity contribution < 1.29 is 17.9 Å². The van der Waals surface area contributed by atoms with Crippen LogP contribution in [0.25, 0.3) is 0 Å². The molecule has 0 saturated heterocycles. The molecule has 5 nitrogen and oxygen atoms in total. The summed E-state index contributed by atoms with van der Waals surface area (Å²) in [5.74, 6) is 0.153. The molecule has 0 radical (unpaired) electrons. The van der Waals surface area contributed by atoms with Gasteiger partial charge in [0.1, 0.15) is 11.0 Å². The number of nitrogens with two attached hydrogens (primary N) is 1. The van der Waals surface area contributed by atoms with Gasteiger partial charge in [0.25, 0.3) is 0 Å². The van der Waals surface area contributed by atoms with E-state index >= 15 is 0 Å². The standard InChI is InChI=1S/C12H17NO4S/c1-3-11(18(13,15)16)12(14)9-5-7-10(8-6-9)17-4-2/h5-8,11H,3-4H2,1-2H3,(H2,13,15,16). The molecule has 0 amide bonds. The molecule has 0 spiro atoms. The molecule has 2 N–H and O–H groups in total. The van der Waals surface area contributed by atoms with Crippen LogP contribution in [-0.2, 0) is 10.0 Å². The molecule has 18 heavy (non-hydrogen) atoms. The van der Waals surface area contributed by atoms with Crippen LogP contribution in [0.5, 0.6) is 5.75 Å². The zero-order valence-electron chi connectivity index (χ0n) is 10.4. The lowest BCUT2D eigenvalue weighted by Crippen LogP contribution is -2.35. The maximum atomic E-state index is 12.0. The molecule has 6 heteroatoms. The Morgan fingerprint density at radius 1 is 1.28 bits per heavy atom. The minimum absolute atomic E-state index is 0.158. The van der Waals surface area contributed by atoms with Crippen molar-refractivity contribution in [3.05, 3.63) is 29.8 Å². The van der Waals surface area contributed by atoms with Crippen molar-refractivity contribution in [2.45, 2.75) is 25.5 Å². The van der Waals surface area contributed by atoms with Gasteiger partial charge in [-0.3, -0.25) is 4.79 Å². The van der Waals surface area contributed by atoms with Crippen LogP contribution in [0.2, 0.25) is 0 Å². The number of rotatable bonds is 6. The minimum atomic E-state index is -3.86. The van der Waals surface area contributed by atoms with E-state index in [1.165, 1.54) is 0 Å². The summed E-state index contributed by atoms with van der Waals surface area (Å²) in [6.07, 6.45) is 0.158. The molecule has 0 aliphatic rings. The molecule has 0 fully saturated rings. The summed E-state index contributed by atoms with van der Waals surface area (Å²) in [6.45, 7) is 4.00. The van der Waals surface area contributed by atoms with Crippen molar-refractivity contribution in [2.24, 2.45) is 5.14 Å². The number of carbonyl (C=O) groups excluding carboxylic acids is 1. The molecular formula is C12H17NO4S. The molecule has 0 bridgehead atoms. The van der Waals surface area contributed by atoms with Crippen molar-refractivity contribution in [1.29, 1.82) is 0 Å². The summed E-state index contributed by atoms with van der Waals surface area (Å²) in [5, 5.41) is 3.85. The summed E-state index contributed by atoms with van der Waals surface area (Å²) in [5.41, 5.74) is 0.319. The molecular weight excluding hydrogens is 254 g/mol. The largest absolute Gasteiger partial charge is 0.494 e. The number of benzene rings is 1. The highest BCUT2D eigenvalue weighted by Gasteiger charge is 2.28. The van der Waals surface area contributed by atoms with Gasteiger partial charge in [0, 0.05) is 5.56 Å². The van der Waals surface area contributed by atoms with Crippen LogP contribution in [0.1, 0.15) is 30.6 Å². The van der Waals surface area contributed by atoms with E-state index in [0.717, 1.165) is 0 Å². The first-order chi connectivity index (χ1) is 8.40. The molecule has 0 heterocycles. The average Bonchev–Trinajstić information content (AvgIpc) is 2.29. The number of primary sulfonamides is 1. The van der Waals surface area contributed by atoms with Crippen molar-refractivity contribution in [3.63, 3.8) is 0 Å². The monoisotopic (exact) mass is 271 g/mol. The number of Topliss-reactive ketones (excluding diaryl/α,β-unsaturated/α-hetero) is 1. The second kappa shape index (κ2) is 5.97. The van der Waals surface area contributed by atoms with E-state index in [-0.39, 0.29) is 6.42 Å². The maximum absolute atomic E-state index is 12.0. The summed E-state index contributed by atoms with van der Waals surface area (Å²) < 4.78 is 27.8. The van der Waals surface area contributed by atoms with E-state index in [1.807, 2.05) is 6.92 Å². The predicted octanol–water partition coefficient (Wildman–Crippen LogP) is 1.34. The first-order valence-corrected chi connectivity index (χ1v) is 7.29. The molecule has 1 unspecified atom stereocenters. The third-order valence-corrected chi connectivity index (χ3v) is 3.85.